The maximum absolute atomic E-state index is 9.54. The number of rotatable bonds is 4. The number of methoxy groups -OCH3 is 1. The van der Waals surface area contributed by atoms with E-state index >= 15 is 0 Å². The molecule has 0 N–H and O–H groups in total. The summed E-state index contributed by atoms with van der Waals surface area (Å²) in [7, 11) is 1.62. The number of nitrogens with zero attached hydrogens (tertiary/aromatic N) is 4. The standard InChI is InChI=1S/C20H13ClN4OS/c1-26-17-8-2-13(3-9-17)10-15(11-22)19-24-25-12-18(23-20(25)27-19)14-4-6-16(21)7-5-14/h2-10,12H,1H3/b15-10-. The van der Waals surface area contributed by atoms with E-state index in [0.717, 1.165) is 27.5 Å². The average Bonchev–Trinajstić information content (AvgIpc) is 3.26. The molecule has 132 valence electrons. The molecule has 5 nitrogen and oxygen atoms in total. The molecular weight excluding hydrogens is 380 g/mol. The molecular formula is C20H13ClN4OS. The molecule has 0 spiro atoms. The third-order valence-electron chi connectivity index (χ3n) is 3.96. The van der Waals surface area contributed by atoms with Crippen molar-refractivity contribution in [1.29, 1.82) is 5.26 Å². The molecule has 4 rings (SSSR count). The third kappa shape index (κ3) is 3.56. The first kappa shape index (κ1) is 17.3. The number of halogens is 1. The van der Waals surface area contributed by atoms with Gasteiger partial charge in [0.1, 0.15) is 11.8 Å². The fourth-order valence-corrected chi connectivity index (χ4v) is 3.55. The van der Waals surface area contributed by atoms with E-state index in [1.807, 2.05) is 54.7 Å². The summed E-state index contributed by atoms with van der Waals surface area (Å²) >= 11 is 7.31. The summed E-state index contributed by atoms with van der Waals surface area (Å²) in [4.78, 5) is 5.33. The summed E-state index contributed by atoms with van der Waals surface area (Å²) in [5.74, 6) is 0.771. The van der Waals surface area contributed by atoms with E-state index < -0.39 is 0 Å². The summed E-state index contributed by atoms with van der Waals surface area (Å²) in [6.45, 7) is 0. The van der Waals surface area contributed by atoms with Crippen LogP contribution in [0.3, 0.4) is 0 Å². The summed E-state index contributed by atoms with van der Waals surface area (Å²) in [6.07, 6.45) is 3.65. The monoisotopic (exact) mass is 392 g/mol. The minimum absolute atomic E-state index is 0.490. The van der Waals surface area contributed by atoms with Gasteiger partial charge in [-0.05, 0) is 35.9 Å². The molecule has 2 aromatic carbocycles. The van der Waals surface area contributed by atoms with Crippen LogP contribution in [-0.4, -0.2) is 21.7 Å². The summed E-state index contributed by atoms with van der Waals surface area (Å²) < 4.78 is 6.85. The van der Waals surface area contributed by atoms with E-state index in [4.69, 9.17) is 16.3 Å². The molecule has 0 atom stereocenters. The van der Waals surface area contributed by atoms with Crippen LogP contribution in [0, 0.1) is 11.3 Å². The minimum atomic E-state index is 0.490. The van der Waals surface area contributed by atoms with Crippen molar-refractivity contribution in [3.8, 4) is 23.1 Å². The molecule has 0 radical (unpaired) electrons. The van der Waals surface area contributed by atoms with Gasteiger partial charge in [0.2, 0.25) is 4.96 Å². The minimum Gasteiger partial charge on any atom is -0.497 e. The Morgan fingerprint density at radius 3 is 2.56 bits per heavy atom. The van der Waals surface area contributed by atoms with Crippen molar-refractivity contribution in [1.82, 2.24) is 14.6 Å². The van der Waals surface area contributed by atoms with E-state index in [1.54, 1.807) is 17.7 Å². The highest BCUT2D eigenvalue weighted by molar-refractivity contribution is 7.17. The first-order chi connectivity index (χ1) is 13.2. The van der Waals surface area contributed by atoms with Gasteiger partial charge in [0.25, 0.3) is 0 Å². The predicted octanol–water partition coefficient (Wildman–Crippen LogP) is 5.18. The maximum Gasteiger partial charge on any atom is 0.213 e. The number of imidazole rings is 1. The van der Waals surface area contributed by atoms with Gasteiger partial charge in [0.15, 0.2) is 5.01 Å². The number of nitriles is 1. The van der Waals surface area contributed by atoms with Crippen LogP contribution in [0.2, 0.25) is 5.02 Å². The van der Waals surface area contributed by atoms with Crippen LogP contribution in [-0.2, 0) is 0 Å². The van der Waals surface area contributed by atoms with Crippen molar-refractivity contribution < 1.29 is 4.74 Å². The molecule has 0 aliphatic rings. The van der Waals surface area contributed by atoms with Crippen molar-refractivity contribution in [2.24, 2.45) is 0 Å². The zero-order valence-electron chi connectivity index (χ0n) is 14.3. The van der Waals surface area contributed by atoms with Crippen molar-refractivity contribution in [3.63, 3.8) is 0 Å². The normalized spacial score (nSPS) is 11.5. The molecule has 0 saturated heterocycles. The van der Waals surface area contributed by atoms with E-state index in [2.05, 4.69) is 16.2 Å². The summed E-state index contributed by atoms with van der Waals surface area (Å²) in [6, 6.07) is 17.2. The topological polar surface area (TPSA) is 63.2 Å². The molecule has 7 heteroatoms. The number of hydrogen-bond donors (Lipinski definition) is 0. The van der Waals surface area contributed by atoms with Gasteiger partial charge in [-0.3, -0.25) is 0 Å². The van der Waals surface area contributed by atoms with Gasteiger partial charge in [-0.25, -0.2) is 9.50 Å². The van der Waals surface area contributed by atoms with Crippen LogP contribution in [0.15, 0.2) is 54.7 Å². The number of fused-ring (bicyclic) bond motifs is 1. The van der Waals surface area contributed by atoms with Crippen molar-refractivity contribution >= 4 is 39.5 Å². The second-order valence-electron chi connectivity index (χ2n) is 5.71. The Morgan fingerprint density at radius 2 is 1.93 bits per heavy atom. The number of benzene rings is 2. The highest BCUT2D eigenvalue weighted by Gasteiger charge is 2.13. The van der Waals surface area contributed by atoms with E-state index in [-0.39, 0.29) is 0 Å². The lowest BCUT2D eigenvalue weighted by Gasteiger charge is -1.99. The zero-order chi connectivity index (χ0) is 18.8. The Morgan fingerprint density at radius 1 is 1.19 bits per heavy atom. The molecule has 2 aromatic heterocycles. The van der Waals surface area contributed by atoms with Gasteiger partial charge < -0.3 is 4.74 Å². The van der Waals surface area contributed by atoms with Crippen LogP contribution in [0.5, 0.6) is 5.75 Å². The summed E-state index contributed by atoms with van der Waals surface area (Å²) in [5.41, 5.74) is 3.17. The van der Waals surface area contributed by atoms with Crippen LogP contribution >= 0.6 is 22.9 Å². The maximum atomic E-state index is 9.54. The molecule has 4 aromatic rings. The Hall–Kier alpha value is -3.14. The number of aromatic nitrogens is 3. The van der Waals surface area contributed by atoms with E-state index in [0.29, 0.717) is 15.6 Å². The fraction of sp³-hybridized carbons (Fsp3) is 0.0500. The zero-order valence-corrected chi connectivity index (χ0v) is 15.8. The van der Waals surface area contributed by atoms with Gasteiger partial charge in [-0.1, -0.05) is 47.2 Å². The number of allylic oxidation sites excluding steroid dienone is 1. The number of hydrogen-bond acceptors (Lipinski definition) is 5. The lowest BCUT2D eigenvalue weighted by molar-refractivity contribution is 0.415. The fourth-order valence-electron chi connectivity index (χ4n) is 2.58. The summed E-state index contributed by atoms with van der Waals surface area (Å²) in [5, 5.41) is 15.4. The van der Waals surface area contributed by atoms with Crippen LogP contribution in [0.25, 0.3) is 27.9 Å². The SMILES string of the molecule is COc1ccc(/C=C(/C#N)c2nn3cc(-c4ccc(Cl)cc4)nc3s2)cc1. The highest BCUT2D eigenvalue weighted by atomic mass is 35.5. The van der Waals surface area contributed by atoms with Crippen molar-refractivity contribution in [3.05, 3.63) is 70.3 Å². The number of ether oxygens (including phenoxy) is 1. The second kappa shape index (κ2) is 7.23. The molecule has 0 unspecified atom stereocenters. The van der Waals surface area contributed by atoms with Gasteiger partial charge in [-0.2, -0.15) is 10.4 Å². The van der Waals surface area contributed by atoms with Gasteiger partial charge in [-0.15, -0.1) is 0 Å². The average molecular weight is 393 g/mol. The Bertz CT molecular complexity index is 1140. The van der Waals surface area contributed by atoms with E-state index in [9.17, 15) is 5.26 Å². The molecule has 0 saturated carbocycles. The second-order valence-corrected chi connectivity index (χ2v) is 7.10. The van der Waals surface area contributed by atoms with Crippen LogP contribution in [0.4, 0.5) is 0 Å². The van der Waals surface area contributed by atoms with Gasteiger partial charge in [0, 0.05) is 10.6 Å². The Labute approximate surface area is 164 Å². The lowest BCUT2D eigenvalue weighted by atomic mass is 10.1. The molecule has 27 heavy (non-hydrogen) atoms. The first-order valence-corrected chi connectivity index (χ1v) is 9.24. The van der Waals surface area contributed by atoms with Gasteiger partial charge >= 0.3 is 0 Å². The first-order valence-electron chi connectivity index (χ1n) is 8.04. The van der Waals surface area contributed by atoms with Gasteiger partial charge in [0.05, 0.1) is 24.6 Å². The van der Waals surface area contributed by atoms with Crippen molar-refractivity contribution in [2.75, 3.05) is 7.11 Å². The van der Waals surface area contributed by atoms with Crippen molar-refractivity contribution in [2.45, 2.75) is 0 Å². The quantitative estimate of drug-likeness (QED) is 0.448. The molecule has 0 amide bonds. The molecule has 2 heterocycles. The van der Waals surface area contributed by atoms with Crippen LogP contribution < -0.4 is 4.74 Å². The van der Waals surface area contributed by atoms with E-state index in [1.165, 1.54) is 11.3 Å². The van der Waals surface area contributed by atoms with Crippen LogP contribution in [0.1, 0.15) is 10.6 Å². The highest BCUT2D eigenvalue weighted by Crippen LogP contribution is 2.27. The Balaban J connectivity index is 1.66. The lowest BCUT2D eigenvalue weighted by Crippen LogP contribution is -1.86. The molecule has 0 bridgehead atoms. The molecule has 0 fully saturated rings. The Kier molecular flexibility index (Phi) is 4.63. The molecule has 0 aliphatic carbocycles. The predicted molar refractivity (Wildman–Crippen MR) is 108 cm³/mol. The molecule has 0 aliphatic heterocycles. The smallest absolute Gasteiger partial charge is 0.213 e. The largest absolute Gasteiger partial charge is 0.497 e. The third-order valence-corrected chi connectivity index (χ3v) is 5.17.